The third-order valence-electron chi connectivity index (χ3n) is 8.39. The van der Waals surface area contributed by atoms with Gasteiger partial charge in [-0.1, -0.05) is 125 Å². The summed E-state index contributed by atoms with van der Waals surface area (Å²) >= 11 is 0. The quantitative estimate of drug-likeness (QED) is 0.0201. The molecule has 0 aliphatic rings. The molecule has 0 aromatic rings. The van der Waals surface area contributed by atoms with Crippen LogP contribution in [0.2, 0.25) is 0 Å². The smallest absolute Gasteiger partial charge is 0.306 e. The molecule has 0 aromatic heterocycles. The van der Waals surface area contributed by atoms with E-state index in [1.165, 1.54) is 44.9 Å². The van der Waals surface area contributed by atoms with E-state index in [0.717, 1.165) is 57.8 Å². The van der Waals surface area contributed by atoms with Crippen LogP contribution in [-0.2, 0) is 32.7 Å². The fourth-order valence-corrected chi connectivity index (χ4v) is 5.73. The molecule has 0 radical (unpaired) electrons. The van der Waals surface area contributed by atoms with Crippen molar-refractivity contribution < 1.29 is 42.1 Å². The van der Waals surface area contributed by atoms with E-state index < -0.39 is 32.5 Å². The molecule has 0 fully saturated rings. The van der Waals surface area contributed by atoms with Crippen molar-refractivity contribution in [3.8, 4) is 0 Å². The summed E-state index contributed by atoms with van der Waals surface area (Å²) in [6, 6.07) is 0. The molecule has 0 aliphatic heterocycles. The normalized spacial score (nSPS) is 14.5. The Labute approximate surface area is 341 Å². The number of quaternary nitrogens is 1. The van der Waals surface area contributed by atoms with Gasteiger partial charge in [0, 0.05) is 12.8 Å². The van der Waals surface area contributed by atoms with Crippen molar-refractivity contribution in [1.29, 1.82) is 0 Å². The number of unbranched alkanes of at least 4 members (excludes halogenated alkanes) is 9. The molecule has 0 saturated carbocycles. The van der Waals surface area contributed by atoms with E-state index >= 15 is 0 Å². The summed E-state index contributed by atoms with van der Waals surface area (Å²) in [7, 11) is 1.10. The van der Waals surface area contributed by atoms with Gasteiger partial charge in [0.15, 0.2) is 6.10 Å². The maximum absolute atomic E-state index is 12.6. The molecule has 0 saturated heterocycles. The van der Waals surface area contributed by atoms with Gasteiger partial charge in [0.05, 0.1) is 27.7 Å². The van der Waals surface area contributed by atoms with Gasteiger partial charge in [-0.3, -0.25) is 14.2 Å². The van der Waals surface area contributed by atoms with Gasteiger partial charge in [0.25, 0.3) is 7.82 Å². The summed E-state index contributed by atoms with van der Waals surface area (Å²) < 4.78 is 33.7. The molecule has 320 valence electrons. The molecule has 2 atom stereocenters. The van der Waals surface area contributed by atoms with Crippen LogP contribution in [0.1, 0.15) is 142 Å². The first-order chi connectivity index (χ1) is 27.0. The van der Waals surface area contributed by atoms with Gasteiger partial charge in [-0.15, -0.1) is 0 Å². The number of hydrogen-bond acceptors (Lipinski definition) is 8. The van der Waals surface area contributed by atoms with Gasteiger partial charge < -0.3 is 27.9 Å². The van der Waals surface area contributed by atoms with E-state index in [1.807, 2.05) is 27.2 Å². The van der Waals surface area contributed by atoms with Crippen molar-refractivity contribution in [2.45, 2.75) is 148 Å². The molecule has 0 spiro atoms. The van der Waals surface area contributed by atoms with Crippen LogP contribution in [0.3, 0.4) is 0 Å². The SMILES string of the molecule is CCCCC/C=C/C/C=C/C/C=C/C/C=C/CCCC(=O)OC[C@H](COP(=O)([O-])OCC[N+](C)(C)C)OC(=O)CCCC/C=C/C/C=C/C/C=C/CCCCC. The molecule has 0 rings (SSSR count). The molecule has 0 aliphatic carbocycles. The highest BCUT2D eigenvalue weighted by atomic mass is 31.2. The predicted molar refractivity (Wildman–Crippen MR) is 231 cm³/mol. The molecule has 0 N–H and O–H groups in total. The van der Waals surface area contributed by atoms with Crippen molar-refractivity contribution in [1.82, 2.24) is 0 Å². The van der Waals surface area contributed by atoms with Crippen LogP contribution >= 0.6 is 7.82 Å². The van der Waals surface area contributed by atoms with Crippen LogP contribution < -0.4 is 4.89 Å². The fraction of sp³-hybridized carbons (Fsp3) is 0.652. The Kier molecular flexibility index (Phi) is 35.9. The Morgan fingerprint density at radius 3 is 1.41 bits per heavy atom. The number of carbonyl (C=O) groups is 2. The second-order valence-corrected chi connectivity index (χ2v) is 16.4. The van der Waals surface area contributed by atoms with E-state index in [0.29, 0.717) is 23.9 Å². The van der Waals surface area contributed by atoms with Crippen molar-refractivity contribution in [2.24, 2.45) is 0 Å². The number of ether oxygens (including phenoxy) is 2. The molecule has 0 amide bonds. The summed E-state index contributed by atoms with van der Waals surface area (Å²) in [5.74, 6) is -0.955. The van der Waals surface area contributed by atoms with E-state index in [1.54, 1.807) is 0 Å². The summed E-state index contributed by atoms with van der Waals surface area (Å²) in [6.07, 6.45) is 47.6. The number of esters is 2. The molecular weight excluding hydrogens is 725 g/mol. The molecule has 0 heterocycles. The van der Waals surface area contributed by atoms with Crippen LogP contribution in [0, 0.1) is 0 Å². The highest BCUT2D eigenvalue weighted by molar-refractivity contribution is 7.45. The van der Waals surface area contributed by atoms with Crippen molar-refractivity contribution in [3.05, 3.63) is 85.1 Å². The Morgan fingerprint density at radius 1 is 0.554 bits per heavy atom. The minimum absolute atomic E-state index is 0.0512. The van der Waals surface area contributed by atoms with E-state index in [9.17, 15) is 19.0 Å². The molecule has 10 heteroatoms. The Morgan fingerprint density at radius 2 is 0.964 bits per heavy atom. The van der Waals surface area contributed by atoms with Gasteiger partial charge in [-0.05, 0) is 89.9 Å². The average molecular weight is 804 g/mol. The van der Waals surface area contributed by atoms with Crippen LogP contribution in [-0.4, -0.2) is 70.0 Å². The van der Waals surface area contributed by atoms with Crippen LogP contribution in [0.4, 0.5) is 0 Å². The maximum atomic E-state index is 12.6. The number of carbonyl (C=O) groups excluding carboxylic acids is 2. The first-order valence-electron chi connectivity index (χ1n) is 21.3. The highest BCUT2D eigenvalue weighted by Crippen LogP contribution is 2.38. The summed E-state index contributed by atoms with van der Waals surface area (Å²) in [5.41, 5.74) is 0. The molecule has 1 unspecified atom stereocenters. The largest absolute Gasteiger partial charge is 0.756 e. The standard InChI is InChI=1S/C46H78NO8P/c1-6-8-10-12-14-16-18-20-22-23-25-26-28-30-32-34-36-38-45(48)52-42-44(43-54-56(50,51)53-41-40-47(3,4)5)55-46(49)39-37-35-33-31-29-27-24-21-19-17-15-13-11-9-7-2/h14-17,20-22,24-26,29-32,44H,6-13,18-19,23,27-28,33-43H2,1-5H3/b16-14+,17-15+,22-20+,24-21+,26-25+,31-29+,32-30+/t44-/m1/s1. The third-order valence-corrected chi connectivity index (χ3v) is 9.35. The molecular formula is C46H78NO8P. The van der Waals surface area contributed by atoms with Gasteiger partial charge in [-0.25, -0.2) is 0 Å². The minimum atomic E-state index is -4.65. The van der Waals surface area contributed by atoms with E-state index in [-0.39, 0.29) is 26.1 Å². The van der Waals surface area contributed by atoms with Crippen molar-refractivity contribution in [2.75, 3.05) is 47.5 Å². The number of rotatable bonds is 37. The lowest BCUT2D eigenvalue weighted by molar-refractivity contribution is -0.870. The number of hydrogen-bond donors (Lipinski definition) is 0. The number of allylic oxidation sites excluding steroid dienone is 14. The van der Waals surface area contributed by atoms with Gasteiger partial charge in [-0.2, -0.15) is 0 Å². The maximum Gasteiger partial charge on any atom is 0.306 e. The lowest BCUT2D eigenvalue weighted by Crippen LogP contribution is -2.37. The summed E-state index contributed by atoms with van der Waals surface area (Å²) in [4.78, 5) is 37.4. The van der Waals surface area contributed by atoms with Crippen LogP contribution in [0.25, 0.3) is 0 Å². The van der Waals surface area contributed by atoms with Gasteiger partial charge in [0.2, 0.25) is 0 Å². The number of nitrogens with zero attached hydrogens (tertiary/aromatic N) is 1. The van der Waals surface area contributed by atoms with Gasteiger partial charge in [0.1, 0.15) is 19.8 Å². The molecule has 9 nitrogen and oxygen atoms in total. The zero-order valence-electron chi connectivity index (χ0n) is 35.8. The zero-order chi connectivity index (χ0) is 41.4. The first-order valence-corrected chi connectivity index (χ1v) is 22.8. The first kappa shape index (κ1) is 53.2. The fourth-order valence-electron chi connectivity index (χ4n) is 5.00. The number of likely N-dealkylation sites (N-methyl/N-ethyl adjacent to an activating group) is 1. The summed E-state index contributed by atoms with van der Waals surface area (Å²) in [6.45, 7) is 4.03. The Bertz CT molecular complexity index is 1230. The average Bonchev–Trinajstić information content (AvgIpc) is 3.15. The second kappa shape index (κ2) is 37.7. The Balaban J connectivity index is 4.57. The predicted octanol–water partition coefficient (Wildman–Crippen LogP) is 11.4. The highest BCUT2D eigenvalue weighted by Gasteiger charge is 2.21. The summed E-state index contributed by atoms with van der Waals surface area (Å²) in [5, 5.41) is 0. The third kappa shape index (κ3) is 40.8. The van der Waals surface area contributed by atoms with Gasteiger partial charge >= 0.3 is 11.9 Å². The topological polar surface area (TPSA) is 111 Å². The van der Waals surface area contributed by atoms with Crippen LogP contribution in [0.5, 0.6) is 0 Å². The lowest BCUT2D eigenvalue weighted by Gasteiger charge is -2.28. The number of phosphoric ester groups is 1. The molecule has 0 aromatic carbocycles. The number of phosphoric acid groups is 1. The van der Waals surface area contributed by atoms with Crippen LogP contribution in [0.15, 0.2) is 85.1 Å². The zero-order valence-corrected chi connectivity index (χ0v) is 36.7. The van der Waals surface area contributed by atoms with Crippen molar-refractivity contribution >= 4 is 19.8 Å². The Hall–Kier alpha value is -2.81. The lowest BCUT2D eigenvalue weighted by atomic mass is 10.1. The van der Waals surface area contributed by atoms with E-state index in [2.05, 4.69) is 92.8 Å². The second-order valence-electron chi connectivity index (χ2n) is 15.0. The molecule has 0 bridgehead atoms. The van der Waals surface area contributed by atoms with E-state index in [4.69, 9.17) is 18.5 Å². The van der Waals surface area contributed by atoms with Crippen molar-refractivity contribution in [3.63, 3.8) is 0 Å². The monoisotopic (exact) mass is 804 g/mol. The minimum Gasteiger partial charge on any atom is -0.756 e. The molecule has 56 heavy (non-hydrogen) atoms.